The van der Waals surface area contributed by atoms with Crippen LogP contribution in [0.1, 0.15) is 32.6 Å². The summed E-state index contributed by atoms with van der Waals surface area (Å²) in [5.41, 5.74) is 0. The number of likely N-dealkylation sites (tertiary alicyclic amines) is 1. The van der Waals surface area contributed by atoms with Crippen LogP contribution in [0.3, 0.4) is 0 Å². The zero-order valence-corrected chi connectivity index (χ0v) is 16.4. The number of carbonyl (C=O) groups is 1. The molecule has 0 N–H and O–H groups in total. The molecule has 3 heterocycles. The summed E-state index contributed by atoms with van der Waals surface area (Å²) in [5, 5.41) is 1.78. The number of nitrogens with zero attached hydrogens (tertiary/aromatic N) is 3. The number of piperazine rings is 1. The van der Waals surface area contributed by atoms with Gasteiger partial charge in [-0.2, -0.15) is 4.31 Å². The highest BCUT2D eigenvalue weighted by atomic mass is 32.2. The minimum atomic E-state index is -3.38. The van der Waals surface area contributed by atoms with Crippen molar-refractivity contribution >= 4 is 27.3 Å². The smallest absolute Gasteiger partial charge is 0.252 e. The lowest BCUT2D eigenvalue weighted by atomic mass is 10.2. The normalized spacial score (nSPS) is 22.5. The highest BCUT2D eigenvalue weighted by molar-refractivity contribution is 7.91. The fraction of sp³-hybridized carbons (Fsp3) is 0.706. The maximum atomic E-state index is 12.8. The van der Waals surface area contributed by atoms with Crippen molar-refractivity contribution in [3.8, 4) is 0 Å². The molecule has 2 aliphatic heterocycles. The van der Waals surface area contributed by atoms with E-state index in [0.29, 0.717) is 30.4 Å². The Labute approximate surface area is 154 Å². The van der Waals surface area contributed by atoms with Crippen LogP contribution < -0.4 is 0 Å². The largest absolute Gasteiger partial charge is 0.341 e. The number of thiophene rings is 1. The number of sulfonamides is 1. The number of carbonyl (C=O) groups excluding carboxylic acids is 1. The number of hydrogen-bond donors (Lipinski definition) is 0. The molecule has 1 atom stereocenters. The molecule has 0 radical (unpaired) electrons. The monoisotopic (exact) mass is 385 g/mol. The third-order valence-corrected chi connectivity index (χ3v) is 8.46. The fourth-order valence-corrected chi connectivity index (χ4v) is 6.15. The highest BCUT2D eigenvalue weighted by Crippen LogP contribution is 2.23. The van der Waals surface area contributed by atoms with Crippen molar-refractivity contribution in [2.75, 3.05) is 39.3 Å². The van der Waals surface area contributed by atoms with Crippen LogP contribution in [0.5, 0.6) is 0 Å². The Balaban J connectivity index is 1.57. The molecular formula is C17H27N3O3S2. The van der Waals surface area contributed by atoms with E-state index in [1.54, 1.807) is 21.8 Å². The SMILES string of the molecule is C[C@H](C(=O)N1CCCCCC1)N1CCN(S(=O)(=O)c2cccs2)CC1. The summed E-state index contributed by atoms with van der Waals surface area (Å²) in [7, 11) is -3.38. The Morgan fingerprint density at radius 3 is 2.24 bits per heavy atom. The molecule has 0 aliphatic carbocycles. The molecule has 6 nitrogen and oxygen atoms in total. The summed E-state index contributed by atoms with van der Waals surface area (Å²) in [4.78, 5) is 16.9. The molecular weight excluding hydrogens is 358 g/mol. The van der Waals surface area contributed by atoms with Crippen molar-refractivity contribution in [2.45, 2.75) is 42.9 Å². The van der Waals surface area contributed by atoms with Gasteiger partial charge in [0.15, 0.2) is 0 Å². The molecule has 1 aromatic rings. The zero-order chi connectivity index (χ0) is 17.9. The first-order valence-corrected chi connectivity index (χ1v) is 11.4. The maximum Gasteiger partial charge on any atom is 0.252 e. The van der Waals surface area contributed by atoms with Gasteiger partial charge in [-0.3, -0.25) is 9.69 Å². The first-order valence-electron chi connectivity index (χ1n) is 9.06. The first-order chi connectivity index (χ1) is 12.0. The summed E-state index contributed by atoms with van der Waals surface area (Å²) in [6.45, 7) is 5.76. The van der Waals surface area contributed by atoms with Gasteiger partial charge >= 0.3 is 0 Å². The van der Waals surface area contributed by atoms with E-state index in [9.17, 15) is 13.2 Å². The van der Waals surface area contributed by atoms with E-state index in [0.717, 1.165) is 25.9 Å². The number of amides is 1. The summed E-state index contributed by atoms with van der Waals surface area (Å²) in [6.07, 6.45) is 4.59. The lowest BCUT2D eigenvalue weighted by Gasteiger charge is -2.38. The summed E-state index contributed by atoms with van der Waals surface area (Å²) < 4.78 is 27.1. The van der Waals surface area contributed by atoms with E-state index in [1.165, 1.54) is 24.2 Å². The van der Waals surface area contributed by atoms with E-state index in [-0.39, 0.29) is 11.9 Å². The Hall–Kier alpha value is -0.960. The van der Waals surface area contributed by atoms with Crippen molar-refractivity contribution in [2.24, 2.45) is 0 Å². The van der Waals surface area contributed by atoms with Crippen molar-refractivity contribution in [3.63, 3.8) is 0 Å². The van der Waals surface area contributed by atoms with Crippen LogP contribution >= 0.6 is 11.3 Å². The lowest BCUT2D eigenvalue weighted by Crippen LogP contribution is -2.55. The summed E-state index contributed by atoms with van der Waals surface area (Å²) in [6, 6.07) is 3.23. The molecule has 3 rings (SSSR count). The van der Waals surface area contributed by atoms with Gasteiger partial charge in [0.1, 0.15) is 4.21 Å². The number of hydrogen-bond acceptors (Lipinski definition) is 5. The minimum Gasteiger partial charge on any atom is -0.341 e. The molecule has 25 heavy (non-hydrogen) atoms. The van der Waals surface area contributed by atoms with E-state index < -0.39 is 10.0 Å². The van der Waals surface area contributed by atoms with Crippen LogP contribution in [-0.4, -0.2) is 73.7 Å². The predicted molar refractivity (Wildman–Crippen MR) is 99.2 cm³/mol. The predicted octanol–water partition coefficient (Wildman–Crippen LogP) is 1.85. The Morgan fingerprint density at radius 2 is 1.68 bits per heavy atom. The van der Waals surface area contributed by atoms with Crippen LogP contribution in [0, 0.1) is 0 Å². The van der Waals surface area contributed by atoms with Gasteiger partial charge in [0.25, 0.3) is 10.0 Å². The van der Waals surface area contributed by atoms with Gasteiger partial charge in [0, 0.05) is 39.3 Å². The van der Waals surface area contributed by atoms with Gasteiger partial charge in [-0.15, -0.1) is 11.3 Å². The fourth-order valence-electron chi connectivity index (χ4n) is 3.58. The van der Waals surface area contributed by atoms with Crippen molar-refractivity contribution < 1.29 is 13.2 Å². The maximum absolute atomic E-state index is 12.8. The minimum absolute atomic E-state index is 0.176. The van der Waals surface area contributed by atoms with E-state index >= 15 is 0 Å². The molecule has 0 spiro atoms. The first kappa shape index (κ1) is 18.8. The average molecular weight is 386 g/mol. The molecule has 2 aliphatic rings. The van der Waals surface area contributed by atoms with Crippen molar-refractivity contribution in [3.05, 3.63) is 17.5 Å². The van der Waals surface area contributed by atoms with Gasteiger partial charge in [0.05, 0.1) is 6.04 Å². The quantitative estimate of drug-likeness (QED) is 0.794. The van der Waals surface area contributed by atoms with Gasteiger partial charge in [-0.05, 0) is 31.2 Å². The molecule has 2 saturated heterocycles. The highest BCUT2D eigenvalue weighted by Gasteiger charge is 2.33. The van der Waals surface area contributed by atoms with Gasteiger partial charge in [0.2, 0.25) is 5.91 Å². The molecule has 0 bridgehead atoms. The average Bonchev–Trinajstić information content (AvgIpc) is 3.05. The summed E-state index contributed by atoms with van der Waals surface area (Å²) >= 11 is 1.25. The standard InChI is InChI=1S/C17H27N3O3S2/c1-15(17(21)19-8-4-2-3-5-9-19)18-10-12-20(13-11-18)25(22,23)16-7-6-14-24-16/h6-7,14-15H,2-5,8-13H2,1H3/t15-/m1/s1. The number of rotatable bonds is 4. The molecule has 0 unspecified atom stereocenters. The van der Waals surface area contributed by atoms with Crippen LogP contribution in [0.25, 0.3) is 0 Å². The van der Waals surface area contributed by atoms with E-state index in [1.807, 2.05) is 11.8 Å². The van der Waals surface area contributed by atoms with Gasteiger partial charge < -0.3 is 4.90 Å². The zero-order valence-electron chi connectivity index (χ0n) is 14.8. The third-order valence-electron chi connectivity index (χ3n) is 5.19. The van der Waals surface area contributed by atoms with Crippen LogP contribution in [0.2, 0.25) is 0 Å². The Bertz CT molecular complexity index is 659. The second kappa shape index (κ2) is 8.16. The third kappa shape index (κ3) is 4.24. The molecule has 2 fully saturated rings. The molecule has 8 heteroatoms. The van der Waals surface area contributed by atoms with Gasteiger partial charge in [-0.1, -0.05) is 18.9 Å². The van der Waals surface area contributed by atoms with Crippen LogP contribution in [0.15, 0.2) is 21.7 Å². The Morgan fingerprint density at radius 1 is 1.04 bits per heavy atom. The van der Waals surface area contributed by atoms with Crippen molar-refractivity contribution in [1.82, 2.24) is 14.1 Å². The molecule has 140 valence electrons. The molecule has 1 aromatic heterocycles. The van der Waals surface area contributed by atoms with E-state index in [4.69, 9.17) is 0 Å². The van der Waals surface area contributed by atoms with E-state index in [2.05, 4.69) is 4.90 Å². The van der Waals surface area contributed by atoms with Crippen LogP contribution in [-0.2, 0) is 14.8 Å². The van der Waals surface area contributed by atoms with Gasteiger partial charge in [-0.25, -0.2) is 8.42 Å². The Kier molecular flexibility index (Phi) is 6.14. The topological polar surface area (TPSA) is 60.9 Å². The molecule has 1 amide bonds. The second-order valence-corrected chi connectivity index (χ2v) is 9.90. The second-order valence-electron chi connectivity index (χ2n) is 6.79. The van der Waals surface area contributed by atoms with Crippen LogP contribution in [0.4, 0.5) is 0 Å². The lowest BCUT2D eigenvalue weighted by molar-refractivity contribution is -0.136. The molecule has 0 saturated carbocycles. The summed E-state index contributed by atoms with van der Waals surface area (Å²) in [5.74, 6) is 0.191. The van der Waals surface area contributed by atoms with Crippen molar-refractivity contribution in [1.29, 1.82) is 0 Å². The molecule has 0 aromatic carbocycles.